The maximum atomic E-state index is 13.2. The number of likely N-dealkylation sites (tertiary alicyclic amines) is 1. The van der Waals surface area contributed by atoms with Crippen molar-refractivity contribution < 1.29 is 24.2 Å². The summed E-state index contributed by atoms with van der Waals surface area (Å²) < 4.78 is 11.4. The number of aliphatic hydroxyl groups is 1. The molecule has 1 aliphatic rings. The van der Waals surface area contributed by atoms with Crippen molar-refractivity contribution in [1.29, 1.82) is 0 Å². The molecule has 0 aliphatic carbocycles. The Kier molecular flexibility index (Phi) is 8.93. The Bertz CT molecular complexity index is 1060. The highest BCUT2D eigenvalue weighted by atomic mass is 16.5. The number of carbonyl (C=O) groups is 2. The number of hydrogen-bond donors (Lipinski definition) is 1. The predicted octanol–water partition coefficient (Wildman–Crippen LogP) is 4.49. The molecule has 3 rings (SSSR count). The summed E-state index contributed by atoms with van der Waals surface area (Å²) >= 11 is 0. The van der Waals surface area contributed by atoms with Crippen LogP contribution in [0.3, 0.4) is 0 Å². The van der Waals surface area contributed by atoms with Gasteiger partial charge in [-0.15, -0.1) is 0 Å². The van der Waals surface area contributed by atoms with E-state index in [-0.39, 0.29) is 11.3 Å². The van der Waals surface area contributed by atoms with E-state index in [1.165, 1.54) is 0 Å². The fraction of sp³-hybridized carbons (Fsp3) is 0.429. The topological polar surface area (TPSA) is 79.3 Å². The predicted molar refractivity (Wildman–Crippen MR) is 137 cm³/mol. The number of hydrogen-bond acceptors (Lipinski definition) is 6. The van der Waals surface area contributed by atoms with Gasteiger partial charge in [0.1, 0.15) is 17.3 Å². The Balaban J connectivity index is 2.02. The molecule has 1 fully saturated rings. The number of Topliss-reactive ketones (excluding diaryl/α,β-unsaturated/α-hetero) is 1. The summed E-state index contributed by atoms with van der Waals surface area (Å²) in [7, 11) is 3.93. The SMILES string of the molecule is CCOc1cccc(C2/C(=C(/O)c3ccc(OCC(C)C)cc3)C(=O)C(=O)N2CCCN(C)C)c1. The van der Waals surface area contributed by atoms with Crippen molar-refractivity contribution in [3.63, 3.8) is 0 Å². The van der Waals surface area contributed by atoms with E-state index >= 15 is 0 Å². The third kappa shape index (κ3) is 6.42. The Morgan fingerprint density at radius 1 is 1.06 bits per heavy atom. The van der Waals surface area contributed by atoms with E-state index in [4.69, 9.17) is 9.47 Å². The summed E-state index contributed by atoms with van der Waals surface area (Å²) in [5, 5.41) is 11.3. The molecule has 1 atom stereocenters. The van der Waals surface area contributed by atoms with E-state index in [2.05, 4.69) is 13.8 Å². The zero-order valence-electron chi connectivity index (χ0n) is 21.3. The molecule has 0 saturated carbocycles. The van der Waals surface area contributed by atoms with Gasteiger partial charge in [0.25, 0.3) is 11.7 Å². The van der Waals surface area contributed by atoms with Gasteiger partial charge in [0.15, 0.2) is 0 Å². The van der Waals surface area contributed by atoms with E-state index in [1.54, 1.807) is 29.2 Å². The van der Waals surface area contributed by atoms with E-state index in [0.29, 0.717) is 49.2 Å². The summed E-state index contributed by atoms with van der Waals surface area (Å²) in [5.41, 5.74) is 1.27. The van der Waals surface area contributed by atoms with Gasteiger partial charge < -0.3 is 24.4 Å². The van der Waals surface area contributed by atoms with E-state index in [9.17, 15) is 14.7 Å². The Labute approximate surface area is 207 Å². The quantitative estimate of drug-likeness (QED) is 0.290. The smallest absolute Gasteiger partial charge is 0.295 e. The first-order valence-electron chi connectivity index (χ1n) is 12.1. The van der Waals surface area contributed by atoms with Gasteiger partial charge in [-0.25, -0.2) is 0 Å². The van der Waals surface area contributed by atoms with Crippen LogP contribution in [0.1, 0.15) is 44.4 Å². The number of carbonyl (C=O) groups excluding carboxylic acids is 2. The minimum absolute atomic E-state index is 0.0874. The van der Waals surface area contributed by atoms with Gasteiger partial charge in [-0.2, -0.15) is 0 Å². The van der Waals surface area contributed by atoms with Gasteiger partial charge in [0.2, 0.25) is 0 Å². The molecule has 188 valence electrons. The molecule has 1 N–H and O–H groups in total. The second kappa shape index (κ2) is 11.9. The van der Waals surface area contributed by atoms with Crippen LogP contribution in [-0.2, 0) is 9.59 Å². The van der Waals surface area contributed by atoms with Crippen LogP contribution < -0.4 is 9.47 Å². The molecule has 0 radical (unpaired) electrons. The monoisotopic (exact) mass is 480 g/mol. The number of nitrogens with zero attached hydrogens (tertiary/aromatic N) is 2. The van der Waals surface area contributed by atoms with Gasteiger partial charge in [-0.05, 0) is 81.9 Å². The van der Waals surface area contributed by atoms with Crippen molar-refractivity contribution in [2.24, 2.45) is 5.92 Å². The van der Waals surface area contributed by atoms with Crippen LogP contribution in [0, 0.1) is 5.92 Å². The molecule has 1 unspecified atom stereocenters. The molecule has 0 bridgehead atoms. The number of aliphatic hydroxyl groups excluding tert-OH is 1. The number of amides is 1. The van der Waals surface area contributed by atoms with Crippen LogP contribution in [-0.4, -0.2) is 67.0 Å². The summed E-state index contributed by atoms with van der Waals surface area (Å²) in [4.78, 5) is 29.9. The normalized spacial score (nSPS) is 17.5. The lowest BCUT2D eigenvalue weighted by Crippen LogP contribution is -2.32. The maximum absolute atomic E-state index is 13.2. The van der Waals surface area contributed by atoms with Crippen LogP contribution in [0.2, 0.25) is 0 Å². The second-order valence-corrected chi connectivity index (χ2v) is 9.38. The molecule has 1 saturated heterocycles. The Morgan fingerprint density at radius 3 is 2.40 bits per heavy atom. The van der Waals surface area contributed by atoms with Crippen molar-refractivity contribution in [3.05, 3.63) is 65.2 Å². The average molecular weight is 481 g/mol. The van der Waals surface area contributed by atoms with Crippen molar-refractivity contribution in [1.82, 2.24) is 9.80 Å². The fourth-order valence-corrected chi connectivity index (χ4v) is 4.08. The fourth-order valence-electron chi connectivity index (χ4n) is 4.08. The molecule has 1 amide bonds. The number of ketones is 1. The molecule has 7 heteroatoms. The van der Waals surface area contributed by atoms with Crippen LogP contribution in [0.4, 0.5) is 0 Å². The van der Waals surface area contributed by atoms with Gasteiger partial charge in [-0.1, -0.05) is 26.0 Å². The lowest BCUT2D eigenvalue weighted by Gasteiger charge is -2.26. The molecular formula is C28H36N2O5. The molecule has 1 heterocycles. The van der Waals surface area contributed by atoms with Crippen LogP contribution in [0.15, 0.2) is 54.1 Å². The average Bonchev–Trinajstić information content (AvgIpc) is 3.08. The number of ether oxygens (including phenoxy) is 2. The molecule has 0 aromatic heterocycles. The van der Waals surface area contributed by atoms with Crippen LogP contribution >= 0.6 is 0 Å². The van der Waals surface area contributed by atoms with E-state index in [1.807, 2.05) is 50.2 Å². The van der Waals surface area contributed by atoms with Crippen molar-refractivity contribution in [3.8, 4) is 11.5 Å². The maximum Gasteiger partial charge on any atom is 0.295 e. The minimum Gasteiger partial charge on any atom is -0.507 e. The number of benzene rings is 2. The van der Waals surface area contributed by atoms with Gasteiger partial charge in [0, 0.05) is 12.1 Å². The van der Waals surface area contributed by atoms with E-state index < -0.39 is 17.7 Å². The first kappa shape index (κ1) is 26.3. The van der Waals surface area contributed by atoms with Crippen molar-refractivity contribution >= 4 is 17.4 Å². The molecule has 2 aromatic carbocycles. The zero-order valence-corrected chi connectivity index (χ0v) is 21.3. The highest BCUT2D eigenvalue weighted by Gasteiger charge is 2.45. The third-order valence-electron chi connectivity index (χ3n) is 5.74. The molecule has 0 spiro atoms. The van der Waals surface area contributed by atoms with E-state index in [0.717, 1.165) is 12.1 Å². The molecular weight excluding hydrogens is 444 g/mol. The van der Waals surface area contributed by atoms with Crippen molar-refractivity contribution in [2.75, 3.05) is 40.4 Å². The molecule has 7 nitrogen and oxygen atoms in total. The van der Waals surface area contributed by atoms with Crippen LogP contribution in [0.5, 0.6) is 11.5 Å². The highest BCUT2D eigenvalue weighted by Crippen LogP contribution is 2.40. The largest absolute Gasteiger partial charge is 0.507 e. The Hall–Kier alpha value is -3.32. The first-order valence-corrected chi connectivity index (χ1v) is 12.1. The summed E-state index contributed by atoms with van der Waals surface area (Å²) in [6.45, 7) is 8.28. The highest BCUT2D eigenvalue weighted by molar-refractivity contribution is 6.46. The molecule has 35 heavy (non-hydrogen) atoms. The zero-order chi connectivity index (χ0) is 25.5. The van der Waals surface area contributed by atoms with Crippen LogP contribution in [0.25, 0.3) is 5.76 Å². The lowest BCUT2D eigenvalue weighted by molar-refractivity contribution is -0.139. The summed E-state index contributed by atoms with van der Waals surface area (Å²) in [5.74, 6) is 0.240. The van der Waals surface area contributed by atoms with Gasteiger partial charge >= 0.3 is 0 Å². The standard InChI is InChI=1S/C28H36N2O5/c1-6-34-23-10-7-9-21(17-23)25-24(27(32)28(33)30(25)16-8-15-29(4)5)26(31)20-11-13-22(14-12-20)35-18-19(2)3/h7,9-14,17,19,25,31H,6,8,15-16,18H2,1-5H3/b26-24-. The molecule has 2 aromatic rings. The second-order valence-electron chi connectivity index (χ2n) is 9.38. The van der Waals surface area contributed by atoms with Crippen molar-refractivity contribution in [2.45, 2.75) is 33.2 Å². The minimum atomic E-state index is -0.700. The number of rotatable bonds is 11. The molecule has 1 aliphatic heterocycles. The Morgan fingerprint density at radius 2 is 1.77 bits per heavy atom. The summed E-state index contributed by atoms with van der Waals surface area (Å²) in [6, 6.07) is 13.6. The first-order chi connectivity index (χ1) is 16.7. The lowest BCUT2D eigenvalue weighted by atomic mass is 9.95. The third-order valence-corrected chi connectivity index (χ3v) is 5.74. The van der Waals surface area contributed by atoms with Gasteiger partial charge in [0.05, 0.1) is 24.8 Å². The van der Waals surface area contributed by atoms with Gasteiger partial charge in [-0.3, -0.25) is 9.59 Å². The summed E-state index contributed by atoms with van der Waals surface area (Å²) in [6.07, 6.45) is 0.698.